The lowest BCUT2D eigenvalue weighted by Crippen LogP contribution is -1.93. The largest absolute Gasteiger partial charge is 0.463 e. The van der Waals surface area contributed by atoms with Gasteiger partial charge in [-0.25, -0.2) is 9.97 Å². The summed E-state index contributed by atoms with van der Waals surface area (Å²) in [7, 11) is 0. The van der Waals surface area contributed by atoms with Crippen LogP contribution in [0.4, 0.5) is 0 Å². The van der Waals surface area contributed by atoms with Gasteiger partial charge in [0.05, 0.1) is 11.8 Å². The van der Waals surface area contributed by atoms with Crippen molar-refractivity contribution < 1.29 is 4.42 Å². The second kappa shape index (κ2) is 3.96. The first kappa shape index (κ1) is 10.5. The van der Waals surface area contributed by atoms with Gasteiger partial charge >= 0.3 is 0 Å². The molecule has 0 atom stereocenters. The van der Waals surface area contributed by atoms with Gasteiger partial charge < -0.3 is 4.42 Å². The third-order valence-electron chi connectivity index (χ3n) is 2.52. The Bertz CT molecular complexity index is 677. The molecule has 3 nitrogen and oxygen atoms in total. The number of benzene rings is 1. The highest BCUT2D eigenvalue weighted by atomic mass is 79.9. The average Bonchev–Trinajstić information content (AvgIpc) is 2.82. The van der Waals surface area contributed by atoms with E-state index >= 15 is 0 Å². The lowest BCUT2D eigenvalue weighted by molar-refractivity contribution is 0.580. The van der Waals surface area contributed by atoms with Gasteiger partial charge in [0.1, 0.15) is 11.5 Å². The van der Waals surface area contributed by atoms with E-state index in [2.05, 4.69) is 25.9 Å². The molecule has 3 aromatic rings. The maximum Gasteiger partial charge on any atom is 0.153 e. The summed E-state index contributed by atoms with van der Waals surface area (Å²) in [5, 5.41) is 0.986. The van der Waals surface area contributed by atoms with Gasteiger partial charge in [-0.1, -0.05) is 15.9 Å². The number of halogens is 1. The molecule has 0 spiro atoms. The van der Waals surface area contributed by atoms with Crippen LogP contribution in [-0.2, 0) is 0 Å². The van der Waals surface area contributed by atoms with Crippen LogP contribution < -0.4 is 0 Å². The van der Waals surface area contributed by atoms with Crippen molar-refractivity contribution in [3.8, 4) is 11.5 Å². The third kappa shape index (κ3) is 1.85. The Labute approximate surface area is 107 Å². The minimum Gasteiger partial charge on any atom is -0.463 e. The maximum absolute atomic E-state index is 5.42. The minimum absolute atomic E-state index is 0.742. The molecule has 17 heavy (non-hydrogen) atoms. The van der Waals surface area contributed by atoms with Crippen LogP contribution in [0, 0.1) is 6.92 Å². The van der Waals surface area contributed by atoms with Crippen molar-refractivity contribution in [3.05, 3.63) is 46.9 Å². The molecule has 1 aromatic carbocycles. The number of aromatic nitrogens is 2. The Balaban J connectivity index is 2.39. The van der Waals surface area contributed by atoms with Gasteiger partial charge in [-0.3, -0.25) is 0 Å². The molecule has 0 aliphatic rings. The Hall–Kier alpha value is -1.68. The van der Waals surface area contributed by atoms with Crippen molar-refractivity contribution in [3.63, 3.8) is 0 Å². The quantitative estimate of drug-likeness (QED) is 0.680. The summed E-state index contributed by atoms with van der Waals surface area (Å²) < 4.78 is 6.42. The smallest absolute Gasteiger partial charge is 0.153 e. The second-order valence-corrected chi connectivity index (χ2v) is 4.67. The van der Waals surface area contributed by atoms with E-state index in [4.69, 9.17) is 4.42 Å². The normalized spacial score (nSPS) is 10.9. The van der Waals surface area contributed by atoms with Crippen molar-refractivity contribution in [1.29, 1.82) is 0 Å². The van der Waals surface area contributed by atoms with Crippen LogP contribution in [0.5, 0.6) is 0 Å². The zero-order valence-electron chi connectivity index (χ0n) is 9.14. The predicted molar refractivity (Wildman–Crippen MR) is 69.7 cm³/mol. The number of hydrogen-bond donors (Lipinski definition) is 0. The van der Waals surface area contributed by atoms with Crippen molar-refractivity contribution >= 4 is 26.8 Å². The molecule has 0 amide bonds. The van der Waals surface area contributed by atoms with Gasteiger partial charge in [0.2, 0.25) is 0 Å². The standard InChI is InChI=1S/C13H9BrN2O/c1-8-15-11-5-4-9(14)7-10(11)13(16-8)12-3-2-6-17-12/h2-7H,1H3. The number of aryl methyl sites for hydroxylation is 1. The minimum atomic E-state index is 0.742. The summed E-state index contributed by atoms with van der Waals surface area (Å²) in [6.07, 6.45) is 1.65. The van der Waals surface area contributed by atoms with Gasteiger partial charge in [-0.2, -0.15) is 0 Å². The third-order valence-corrected chi connectivity index (χ3v) is 3.02. The highest BCUT2D eigenvalue weighted by molar-refractivity contribution is 9.10. The fourth-order valence-electron chi connectivity index (χ4n) is 1.82. The molecule has 2 heterocycles. The Morgan fingerprint density at radius 2 is 2.06 bits per heavy atom. The Kier molecular flexibility index (Phi) is 2.44. The van der Waals surface area contributed by atoms with Gasteiger partial charge in [-0.05, 0) is 37.3 Å². The number of rotatable bonds is 1. The molecule has 0 aliphatic heterocycles. The second-order valence-electron chi connectivity index (χ2n) is 3.76. The van der Waals surface area contributed by atoms with Crippen LogP contribution in [-0.4, -0.2) is 9.97 Å². The zero-order valence-corrected chi connectivity index (χ0v) is 10.7. The SMILES string of the molecule is Cc1nc(-c2ccco2)c2cc(Br)ccc2n1. The molecule has 0 fully saturated rings. The number of furan rings is 1. The molecule has 0 saturated carbocycles. The van der Waals surface area contributed by atoms with Crippen LogP contribution in [0.1, 0.15) is 5.82 Å². The number of fused-ring (bicyclic) bond motifs is 1. The lowest BCUT2D eigenvalue weighted by Gasteiger charge is -2.05. The molecule has 0 N–H and O–H groups in total. The van der Waals surface area contributed by atoms with Gasteiger partial charge in [0.15, 0.2) is 5.76 Å². The summed E-state index contributed by atoms with van der Waals surface area (Å²) in [4.78, 5) is 8.87. The molecular weight excluding hydrogens is 280 g/mol. The van der Waals surface area contributed by atoms with E-state index in [-0.39, 0.29) is 0 Å². The van der Waals surface area contributed by atoms with Crippen LogP contribution in [0.15, 0.2) is 45.5 Å². The lowest BCUT2D eigenvalue weighted by atomic mass is 10.1. The van der Waals surface area contributed by atoms with Crippen LogP contribution in [0.3, 0.4) is 0 Å². The average molecular weight is 289 g/mol. The van der Waals surface area contributed by atoms with Gasteiger partial charge in [0, 0.05) is 9.86 Å². The molecule has 2 aromatic heterocycles. The molecule has 0 aliphatic carbocycles. The monoisotopic (exact) mass is 288 g/mol. The summed E-state index contributed by atoms with van der Waals surface area (Å²) in [6.45, 7) is 1.88. The van der Waals surface area contributed by atoms with E-state index in [9.17, 15) is 0 Å². The van der Waals surface area contributed by atoms with Gasteiger partial charge in [0.25, 0.3) is 0 Å². The Morgan fingerprint density at radius 3 is 2.82 bits per heavy atom. The molecule has 0 radical (unpaired) electrons. The van der Waals surface area contributed by atoms with Crippen LogP contribution in [0.25, 0.3) is 22.4 Å². The summed E-state index contributed by atoms with van der Waals surface area (Å²) >= 11 is 3.46. The van der Waals surface area contributed by atoms with Crippen LogP contribution in [0.2, 0.25) is 0 Å². The first-order valence-corrected chi connectivity index (χ1v) is 6.01. The van der Waals surface area contributed by atoms with Crippen molar-refractivity contribution in [1.82, 2.24) is 9.97 Å². The van der Waals surface area contributed by atoms with Crippen molar-refractivity contribution in [2.45, 2.75) is 6.92 Å². The molecule has 4 heteroatoms. The van der Waals surface area contributed by atoms with Crippen LogP contribution >= 0.6 is 15.9 Å². The van der Waals surface area contributed by atoms with Crippen molar-refractivity contribution in [2.75, 3.05) is 0 Å². The summed E-state index contributed by atoms with van der Waals surface area (Å²) in [5.41, 5.74) is 1.76. The van der Waals surface area contributed by atoms with E-state index in [1.54, 1.807) is 6.26 Å². The predicted octanol–water partition coefficient (Wildman–Crippen LogP) is 3.96. The number of hydrogen-bond acceptors (Lipinski definition) is 3. The molecule has 84 valence electrons. The number of nitrogens with zero attached hydrogens (tertiary/aromatic N) is 2. The molecule has 0 bridgehead atoms. The Morgan fingerprint density at radius 1 is 1.18 bits per heavy atom. The fourth-order valence-corrected chi connectivity index (χ4v) is 2.18. The van der Waals surface area contributed by atoms with E-state index in [1.165, 1.54) is 0 Å². The van der Waals surface area contributed by atoms with E-state index in [0.29, 0.717) is 0 Å². The molecule has 0 saturated heterocycles. The molecule has 3 rings (SSSR count). The maximum atomic E-state index is 5.42. The highest BCUT2D eigenvalue weighted by Crippen LogP contribution is 2.28. The zero-order chi connectivity index (χ0) is 11.8. The van der Waals surface area contributed by atoms with Gasteiger partial charge in [-0.15, -0.1) is 0 Å². The fraction of sp³-hybridized carbons (Fsp3) is 0.0769. The molecule has 0 unspecified atom stereocenters. The summed E-state index contributed by atoms with van der Waals surface area (Å²) in [5.74, 6) is 1.50. The van der Waals surface area contributed by atoms with E-state index < -0.39 is 0 Å². The topological polar surface area (TPSA) is 38.9 Å². The molecular formula is C13H9BrN2O. The highest BCUT2D eigenvalue weighted by Gasteiger charge is 2.10. The van der Waals surface area contributed by atoms with E-state index in [1.807, 2.05) is 37.3 Å². The van der Waals surface area contributed by atoms with E-state index in [0.717, 1.165) is 32.7 Å². The summed E-state index contributed by atoms with van der Waals surface area (Å²) in [6, 6.07) is 9.71. The first-order chi connectivity index (χ1) is 8.24. The first-order valence-electron chi connectivity index (χ1n) is 5.22. The van der Waals surface area contributed by atoms with Crippen molar-refractivity contribution in [2.24, 2.45) is 0 Å².